The smallest absolute Gasteiger partial charge is 0.246 e. The summed E-state index contributed by atoms with van der Waals surface area (Å²) in [7, 11) is -2.43. The van der Waals surface area contributed by atoms with E-state index in [1.165, 1.54) is 0 Å². The number of amides is 1. The average Bonchev–Trinajstić information content (AvgIpc) is 2.71. The molecule has 1 saturated heterocycles. The lowest BCUT2D eigenvalue weighted by atomic mass is 9.96. The number of carbonyl (C=O) groups is 1. The molecule has 5 nitrogen and oxygen atoms in total. The molecule has 0 radical (unpaired) electrons. The van der Waals surface area contributed by atoms with Gasteiger partial charge in [0.1, 0.15) is 16.5 Å². The van der Waals surface area contributed by atoms with E-state index in [2.05, 4.69) is 15.9 Å². The van der Waals surface area contributed by atoms with Gasteiger partial charge in [-0.15, -0.1) is 0 Å². The van der Waals surface area contributed by atoms with E-state index in [0.717, 1.165) is 26.5 Å². The Labute approximate surface area is 177 Å². The second kappa shape index (κ2) is 8.89. The fourth-order valence-electron chi connectivity index (χ4n) is 3.41. The number of carbonyl (C=O) groups excluding carboxylic acids is 1. The minimum atomic E-state index is -4.15. The maximum absolute atomic E-state index is 13.9. The van der Waals surface area contributed by atoms with Crippen LogP contribution in [0.1, 0.15) is 18.4 Å². The van der Waals surface area contributed by atoms with Crippen LogP contribution in [0, 0.1) is 17.6 Å². The molecule has 1 fully saturated rings. The van der Waals surface area contributed by atoms with Crippen LogP contribution in [0.3, 0.4) is 0 Å². The molecule has 0 aliphatic carbocycles. The molecule has 156 valence electrons. The maximum Gasteiger partial charge on any atom is 0.246 e. The van der Waals surface area contributed by atoms with E-state index in [4.69, 9.17) is 0 Å². The van der Waals surface area contributed by atoms with Gasteiger partial charge in [-0.1, -0.05) is 28.1 Å². The molecule has 29 heavy (non-hydrogen) atoms. The number of halogens is 3. The van der Waals surface area contributed by atoms with E-state index in [0.29, 0.717) is 25.5 Å². The third kappa shape index (κ3) is 5.02. The van der Waals surface area contributed by atoms with Crippen molar-refractivity contribution in [2.75, 3.05) is 20.1 Å². The van der Waals surface area contributed by atoms with Crippen LogP contribution < -0.4 is 0 Å². The predicted molar refractivity (Wildman–Crippen MR) is 108 cm³/mol. The van der Waals surface area contributed by atoms with Crippen molar-refractivity contribution >= 4 is 31.9 Å². The van der Waals surface area contributed by atoms with Crippen LogP contribution in [-0.4, -0.2) is 43.7 Å². The van der Waals surface area contributed by atoms with Gasteiger partial charge in [0.2, 0.25) is 15.9 Å². The van der Waals surface area contributed by atoms with E-state index in [-0.39, 0.29) is 24.9 Å². The molecule has 1 aliphatic rings. The monoisotopic (exact) mass is 486 g/mol. The molecule has 0 N–H and O–H groups in total. The lowest BCUT2D eigenvalue weighted by Gasteiger charge is -2.32. The number of benzene rings is 2. The van der Waals surface area contributed by atoms with Crippen LogP contribution in [0.15, 0.2) is 51.8 Å². The van der Waals surface area contributed by atoms with Crippen LogP contribution >= 0.6 is 15.9 Å². The second-order valence-electron chi connectivity index (χ2n) is 7.07. The van der Waals surface area contributed by atoms with E-state index in [1.54, 1.807) is 11.9 Å². The SMILES string of the molecule is CN(Cc1ccc(Br)cc1)C(=O)C1CCN(S(=O)(=O)c2cc(F)ccc2F)CC1. The predicted octanol–water partition coefficient (Wildman–Crippen LogP) is 3.79. The van der Waals surface area contributed by atoms with Crippen molar-refractivity contribution in [3.63, 3.8) is 0 Å². The normalized spacial score (nSPS) is 16.0. The Bertz CT molecular complexity index is 991. The van der Waals surface area contributed by atoms with Gasteiger partial charge in [-0.05, 0) is 48.7 Å². The van der Waals surface area contributed by atoms with Crippen LogP contribution in [-0.2, 0) is 21.4 Å². The highest BCUT2D eigenvalue weighted by molar-refractivity contribution is 9.10. The zero-order valence-corrected chi connectivity index (χ0v) is 18.2. The van der Waals surface area contributed by atoms with Gasteiger partial charge < -0.3 is 4.90 Å². The number of rotatable bonds is 5. The summed E-state index contributed by atoms with van der Waals surface area (Å²) in [5.41, 5.74) is 0.991. The molecule has 2 aromatic rings. The summed E-state index contributed by atoms with van der Waals surface area (Å²) >= 11 is 3.37. The van der Waals surface area contributed by atoms with Gasteiger partial charge >= 0.3 is 0 Å². The minimum Gasteiger partial charge on any atom is -0.341 e. The molecule has 0 saturated carbocycles. The van der Waals surface area contributed by atoms with Gasteiger partial charge in [0.05, 0.1) is 0 Å². The third-order valence-corrected chi connectivity index (χ3v) is 7.47. The Morgan fingerprint density at radius 3 is 2.38 bits per heavy atom. The van der Waals surface area contributed by atoms with Crippen molar-refractivity contribution in [1.29, 1.82) is 0 Å². The molecular weight excluding hydrogens is 466 g/mol. The first-order valence-corrected chi connectivity index (χ1v) is 11.4. The Morgan fingerprint density at radius 1 is 1.14 bits per heavy atom. The van der Waals surface area contributed by atoms with Gasteiger partial charge in [0, 0.05) is 37.1 Å². The summed E-state index contributed by atoms with van der Waals surface area (Å²) in [6, 6.07) is 10.0. The van der Waals surface area contributed by atoms with Crippen molar-refractivity contribution in [2.24, 2.45) is 5.92 Å². The van der Waals surface area contributed by atoms with Crippen molar-refractivity contribution < 1.29 is 22.0 Å². The zero-order chi connectivity index (χ0) is 21.2. The molecule has 0 atom stereocenters. The van der Waals surface area contributed by atoms with Gasteiger partial charge in [-0.2, -0.15) is 4.31 Å². The molecule has 0 unspecified atom stereocenters. The molecule has 1 amide bonds. The first-order chi connectivity index (χ1) is 13.7. The molecule has 2 aromatic carbocycles. The van der Waals surface area contributed by atoms with Crippen molar-refractivity contribution in [3.8, 4) is 0 Å². The van der Waals surface area contributed by atoms with Crippen LogP contribution in [0.5, 0.6) is 0 Å². The molecular formula is C20H21BrF2N2O3S. The fraction of sp³-hybridized carbons (Fsp3) is 0.350. The fourth-order valence-corrected chi connectivity index (χ4v) is 5.22. The topological polar surface area (TPSA) is 57.7 Å². The minimum absolute atomic E-state index is 0.0538. The molecule has 3 rings (SSSR count). The second-order valence-corrected chi connectivity index (χ2v) is 9.90. The molecule has 0 bridgehead atoms. The van der Waals surface area contributed by atoms with E-state index >= 15 is 0 Å². The van der Waals surface area contributed by atoms with Gasteiger partial charge in [0.15, 0.2) is 0 Å². The van der Waals surface area contributed by atoms with E-state index in [9.17, 15) is 22.0 Å². The zero-order valence-electron chi connectivity index (χ0n) is 15.8. The highest BCUT2D eigenvalue weighted by Crippen LogP contribution is 2.27. The summed E-state index contributed by atoms with van der Waals surface area (Å²) in [5.74, 6) is -2.16. The largest absolute Gasteiger partial charge is 0.341 e. The molecule has 9 heteroatoms. The first-order valence-electron chi connectivity index (χ1n) is 9.13. The lowest BCUT2D eigenvalue weighted by Crippen LogP contribution is -2.43. The summed E-state index contributed by atoms with van der Waals surface area (Å²) < 4.78 is 54.7. The summed E-state index contributed by atoms with van der Waals surface area (Å²) in [6.45, 7) is 0.626. The molecule has 0 aromatic heterocycles. The van der Waals surface area contributed by atoms with Crippen molar-refractivity contribution in [2.45, 2.75) is 24.3 Å². The number of sulfonamides is 1. The number of piperidine rings is 1. The summed E-state index contributed by atoms with van der Waals surface area (Å²) in [5, 5.41) is 0. The van der Waals surface area contributed by atoms with Crippen LogP contribution in [0.2, 0.25) is 0 Å². The molecule has 1 heterocycles. The number of hydrogen-bond acceptors (Lipinski definition) is 3. The van der Waals surface area contributed by atoms with E-state index < -0.39 is 26.6 Å². The Morgan fingerprint density at radius 2 is 1.76 bits per heavy atom. The van der Waals surface area contributed by atoms with Gasteiger partial charge in [-0.25, -0.2) is 17.2 Å². The van der Waals surface area contributed by atoms with Crippen molar-refractivity contribution in [3.05, 3.63) is 64.1 Å². The van der Waals surface area contributed by atoms with Gasteiger partial charge in [-0.3, -0.25) is 4.79 Å². The highest BCUT2D eigenvalue weighted by Gasteiger charge is 2.34. The third-order valence-electron chi connectivity index (χ3n) is 5.02. The Balaban J connectivity index is 1.62. The Kier molecular flexibility index (Phi) is 6.70. The maximum atomic E-state index is 13.9. The summed E-state index contributed by atoms with van der Waals surface area (Å²) in [4.78, 5) is 13.7. The summed E-state index contributed by atoms with van der Waals surface area (Å²) in [6.07, 6.45) is 0.666. The number of hydrogen-bond donors (Lipinski definition) is 0. The average molecular weight is 487 g/mol. The Hall–Kier alpha value is -1.84. The van der Waals surface area contributed by atoms with Crippen LogP contribution in [0.25, 0.3) is 0 Å². The lowest BCUT2D eigenvalue weighted by molar-refractivity contribution is -0.135. The van der Waals surface area contributed by atoms with Gasteiger partial charge in [0.25, 0.3) is 0 Å². The van der Waals surface area contributed by atoms with Crippen LogP contribution in [0.4, 0.5) is 8.78 Å². The number of nitrogens with zero attached hydrogens (tertiary/aromatic N) is 2. The highest BCUT2D eigenvalue weighted by atomic mass is 79.9. The molecule has 0 spiro atoms. The first kappa shape index (κ1) is 21.9. The van der Waals surface area contributed by atoms with Crippen molar-refractivity contribution in [1.82, 2.24) is 9.21 Å². The quantitative estimate of drug-likeness (QED) is 0.645. The molecule has 1 aliphatic heterocycles. The van der Waals surface area contributed by atoms with E-state index in [1.807, 2.05) is 24.3 Å². The standard InChI is InChI=1S/C20H21BrF2N2O3S/c1-24(13-14-2-4-16(21)5-3-14)20(26)15-8-10-25(11-9-15)29(27,28)19-12-17(22)6-7-18(19)23/h2-7,12,15H,8-11,13H2,1H3.